The van der Waals surface area contributed by atoms with Gasteiger partial charge in [-0.15, -0.1) is 0 Å². The summed E-state index contributed by atoms with van der Waals surface area (Å²) in [6, 6.07) is 0. The molecule has 0 aromatic carbocycles. The Bertz CT molecular complexity index is 307. The number of aliphatic hydroxyl groups excluding tert-OH is 1. The highest BCUT2D eigenvalue weighted by molar-refractivity contribution is 5.83. The van der Waals surface area contributed by atoms with E-state index in [2.05, 4.69) is 0 Å². The molecule has 4 heteroatoms. The number of aliphatic carboxylic acids is 1. The second kappa shape index (κ2) is 6.55. The van der Waals surface area contributed by atoms with Gasteiger partial charge in [0.1, 0.15) is 5.78 Å². The standard InChI is InChI=1S/C13H20O4/c1-9(14)3-2-4-11-10(5-7-12(11)15)6-8-13(16)17/h2-3,9-11,14H,4-8H2,1H3,(H,16,17)/b3-2-. The van der Waals surface area contributed by atoms with Crippen LogP contribution in [0.5, 0.6) is 0 Å². The zero-order valence-corrected chi connectivity index (χ0v) is 10.1. The third-order valence-electron chi connectivity index (χ3n) is 3.28. The van der Waals surface area contributed by atoms with Gasteiger partial charge in [0.15, 0.2) is 0 Å². The number of carbonyl (C=O) groups excluding carboxylic acids is 1. The molecule has 0 saturated heterocycles. The summed E-state index contributed by atoms with van der Waals surface area (Å²) in [6.45, 7) is 1.66. The summed E-state index contributed by atoms with van der Waals surface area (Å²) in [4.78, 5) is 22.2. The molecule has 0 amide bonds. The number of carboxylic acids is 1. The van der Waals surface area contributed by atoms with E-state index >= 15 is 0 Å². The Labute approximate surface area is 101 Å². The van der Waals surface area contributed by atoms with Crippen molar-refractivity contribution in [3.05, 3.63) is 12.2 Å². The highest BCUT2D eigenvalue weighted by atomic mass is 16.4. The maximum Gasteiger partial charge on any atom is 0.303 e. The first-order chi connectivity index (χ1) is 8.00. The van der Waals surface area contributed by atoms with Gasteiger partial charge in [-0.3, -0.25) is 9.59 Å². The number of Topliss-reactive ketones (excluding diaryl/α,β-unsaturated/α-hetero) is 1. The van der Waals surface area contributed by atoms with Gasteiger partial charge >= 0.3 is 5.97 Å². The van der Waals surface area contributed by atoms with E-state index in [9.17, 15) is 9.59 Å². The fourth-order valence-corrected chi connectivity index (χ4v) is 2.38. The molecule has 1 fully saturated rings. The van der Waals surface area contributed by atoms with Gasteiger partial charge in [-0.2, -0.15) is 0 Å². The molecule has 1 saturated carbocycles. The Morgan fingerprint density at radius 2 is 2.29 bits per heavy atom. The third kappa shape index (κ3) is 4.69. The van der Waals surface area contributed by atoms with Crippen molar-refractivity contribution in [1.29, 1.82) is 0 Å². The van der Waals surface area contributed by atoms with E-state index < -0.39 is 12.1 Å². The first kappa shape index (κ1) is 13.9. The van der Waals surface area contributed by atoms with Crippen molar-refractivity contribution in [2.24, 2.45) is 11.8 Å². The summed E-state index contributed by atoms with van der Waals surface area (Å²) in [7, 11) is 0. The first-order valence-corrected chi connectivity index (χ1v) is 6.10. The minimum absolute atomic E-state index is 0.0515. The predicted molar refractivity (Wildman–Crippen MR) is 63.5 cm³/mol. The SMILES string of the molecule is CC(O)/C=C\CC1C(=O)CCC1CCC(=O)O. The summed E-state index contributed by atoms with van der Waals surface area (Å²) in [5.74, 6) is -0.431. The van der Waals surface area contributed by atoms with Gasteiger partial charge in [0.05, 0.1) is 6.10 Å². The Balaban J connectivity index is 2.47. The molecule has 0 bridgehead atoms. The van der Waals surface area contributed by atoms with Crippen LogP contribution in [0.1, 0.15) is 39.0 Å². The van der Waals surface area contributed by atoms with Crippen LogP contribution in [0.25, 0.3) is 0 Å². The maximum atomic E-state index is 11.7. The summed E-state index contributed by atoms with van der Waals surface area (Å²) >= 11 is 0. The van der Waals surface area contributed by atoms with Crippen LogP contribution in [-0.4, -0.2) is 28.1 Å². The number of rotatable bonds is 6. The van der Waals surface area contributed by atoms with Crippen LogP contribution in [0.4, 0.5) is 0 Å². The molecule has 0 spiro atoms. The van der Waals surface area contributed by atoms with Crippen LogP contribution in [0.15, 0.2) is 12.2 Å². The van der Waals surface area contributed by atoms with Crippen LogP contribution in [0.2, 0.25) is 0 Å². The zero-order chi connectivity index (χ0) is 12.8. The monoisotopic (exact) mass is 240 g/mol. The zero-order valence-electron chi connectivity index (χ0n) is 10.1. The van der Waals surface area contributed by atoms with Crippen molar-refractivity contribution in [3.8, 4) is 0 Å². The van der Waals surface area contributed by atoms with E-state index in [1.807, 2.05) is 6.08 Å². The van der Waals surface area contributed by atoms with E-state index in [-0.39, 0.29) is 24.0 Å². The normalized spacial score (nSPS) is 26.6. The first-order valence-electron chi connectivity index (χ1n) is 6.10. The molecule has 2 N–H and O–H groups in total. The average molecular weight is 240 g/mol. The number of ketones is 1. The maximum absolute atomic E-state index is 11.7. The van der Waals surface area contributed by atoms with E-state index in [0.717, 1.165) is 6.42 Å². The number of carboxylic acid groups (broad SMARTS) is 1. The molecule has 96 valence electrons. The van der Waals surface area contributed by atoms with Crippen LogP contribution in [0, 0.1) is 11.8 Å². The summed E-state index contributed by atoms with van der Waals surface area (Å²) < 4.78 is 0. The smallest absolute Gasteiger partial charge is 0.303 e. The second-order valence-corrected chi connectivity index (χ2v) is 4.71. The highest BCUT2D eigenvalue weighted by Crippen LogP contribution is 2.34. The van der Waals surface area contributed by atoms with E-state index in [0.29, 0.717) is 19.3 Å². The van der Waals surface area contributed by atoms with Crippen molar-refractivity contribution in [1.82, 2.24) is 0 Å². The van der Waals surface area contributed by atoms with Gasteiger partial charge < -0.3 is 10.2 Å². The van der Waals surface area contributed by atoms with Gasteiger partial charge in [0, 0.05) is 18.8 Å². The molecule has 1 aliphatic rings. The largest absolute Gasteiger partial charge is 0.481 e. The Morgan fingerprint density at radius 1 is 1.59 bits per heavy atom. The van der Waals surface area contributed by atoms with Gasteiger partial charge in [-0.25, -0.2) is 0 Å². The number of hydrogen-bond acceptors (Lipinski definition) is 3. The molecule has 0 heterocycles. The minimum Gasteiger partial charge on any atom is -0.481 e. The number of carbonyl (C=O) groups is 2. The Morgan fingerprint density at radius 3 is 2.88 bits per heavy atom. The van der Waals surface area contributed by atoms with E-state index in [4.69, 9.17) is 10.2 Å². The summed E-state index contributed by atoms with van der Waals surface area (Å²) in [6.07, 6.45) is 5.70. The summed E-state index contributed by atoms with van der Waals surface area (Å²) in [5, 5.41) is 17.7. The molecule has 3 atom stereocenters. The number of aliphatic hydroxyl groups is 1. The molecule has 0 aromatic rings. The lowest BCUT2D eigenvalue weighted by Crippen LogP contribution is -2.15. The average Bonchev–Trinajstić information content (AvgIpc) is 2.57. The molecule has 17 heavy (non-hydrogen) atoms. The van der Waals surface area contributed by atoms with Gasteiger partial charge in [0.25, 0.3) is 0 Å². The lowest BCUT2D eigenvalue weighted by molar-refractivity contribution is -0.137. The third-order valence-corrected chi connectivity index (χ3v) is 3.28. The van der Waals surface area contributed by atoms with Crippen molar-refractivity contribution in [2.75, 3.05) is 0 Å². The minimum atomic E-state index is -0.803. The molecule has 1 aliphatic carbocycles. The van der Waals surface area contributed by atoms with Crippen molar-refractivity contribution < 1.29 is 19.8 Å². The van der Waals surface area contributed by atoms with Crippen molar-refractivity contribution in [2.45, 2.75) is 45.1 Å². The van der Waals surface area contributed by atoms with E-state index in [1.54, 1.807) is 13.0 Å². The Hall–Kier alpha value is -1.16. The molecule has 0 aromatic heterocycles. The molecule has 0 aliphatic heterocycles. The van der Waals surface area contributed by atoms with Gasteiger partial charge in [-0.1, -0.05) is 12.2 Å². The topological polar surface area (TPSA) is 74.6 Å². The molecule has 3 unspecified atom stereocenters. The molecule has 4 nitrogen and oxygen atoms in total. The fraction of sp³-hybridized carbons (Fsp3) is 0.692. The molecular formula is C13H20O4. The lowest BCUT2D eigenvalue weighted by atomic mass is 9.88. The molecule has 0 radical (unpaired) electrons. The second-order valence-electron chi connectivity index (χ2n) is 4.71. The molecule has 1 rings (SSSR count). The summed E-state index contributed by atoms with van der Waals surface area (Å²) in [5.41, 5.74) is 0. The highest BCUT2D eigenvalue weighted by Gasteiger charge is 2.33. The number of hydrogen-bond donors (Lipinski definition) is 2. The van der Waals surface area contributed by atoms with Crippen molar-refractivity contribution in [3.63, 3.8) is 0 Å². The number of allylic oxidation sites excluding steroid dienone is 1. The van der Waals surface area contributed by atoms with Crippen LogP contribution in [-0.2, 0) is 9.59 Å². The van der Waals surface area contributed by atoms with Crippen molar-refractivity contribution >= 4 is 11.8 Å². The van der Waals surface area contributed by atoms with Crippen LogP contribution < -0.4 is 0 Å². The van der Waals surface area contributed by atoms with E-state index in [1.165, 1.54) is 0 Å². The Kier molecular flexibility index (Phi) is 5.35. The molecular weight excluding hydrogens is 220 g/mol. The predicted octanol–water partition coefficient (Wildman–Crippen LogP) is 1.77. The van der Waals surface area contributed by atoms with Crippen LogP contribution in [0.3, 0.4) is 0 Å². The fourth-order valence-electron chi connectivity index (χ4n) is 2.38. The quantitative estimate of drug-likeness (QED) is 0.694. The van der Waals surface area contributed by atoms with Crippen LogP contribution >= 0.6 is 0 Å². The lowest BCUT2D eigenvalue weighted by Gasteiger charge is -2.15. The van der Waals surface area contributed by atoms with Gasteiger partial charge in [-0.05, 0) is 32.1 Å². The van der Waals surface area contributed by atoms with Gasteiger partial charge in [0.2, 0.25) is 0 Å².